The summed E-state index contributed by atoms with van der Waals surface area (Å²) in [4.78, 5) is 13.3. The Kier molecular flexibility index (Phi) is 3.47. The van der Waals surface area contributed by atoms with Gasteiger partial charge in [0.2, 0.25) is 5.91 Å². The van der Waals surface area contributed by atoms with Gasteiger partial charge in [0.15, 0.2) is 0 Å². The van der Waals surface area contributed by atoms with Crippen LogP contribution in [0.3, 0.4) is 0 Å². The Bertz CT molecular complexity index is 264. The average Bonchev–Trinajstić information content (AvgIpc) is 2.65. The first-order valence-corrected chi connectivity index (χ1v) is 6.07. The van der Waals surface area contributed by atoms with Crippen LogP contribution in [0.4, 0.5) is 0 Å². The third-order valence-corrected chi connectivity index (χ3v) is 3.71. The Morgan fingerprint density at radius 3 is 2.81 bits per heavy atom. The lowest BCUT2D eigenvalue weighted by atomic mass is 10.00. The van der Waals surface area contributed by atoms with Gasteiger partial charge in [-0.25, -0.2) is 0 Å². The standard InChI is InChI=1S/C11H21N3O2/c12-10(15)9-7-13-5-6-14(9)8-11(16)3-1-2-4-11/h9,13,16H,1-8H2,(H2,12,15). The highest BCUT2D eigenvalue weighted by Gasteiger charge is 2.37. The van der Waals surface area contributed by atoms with Crippen LogP contribution in [0.5, 0.6) is 0 Å². The van der Waals surface area contributed by atoms with Gasteiger partial charge < -0.3 is 16.2 Å². The van der Waals surface area contributed by atoms with Crippen molar-refractivity contribution < 1.29 is 9.90 Å². The highest BCUT2D eigenvalue weighted by Crippen LogP contribution is 2.30. The Morgan fingerprint density at radius 2 is 2.19 bits per heavy atom. The Labute approximate surface area is 96.0 Å². The number of nitrogens with one attached hydrogen (secondary N) is 1. The lowest BCUT2D eigenvalue weighted by molar-refractivity contribution is -0.125. The quantitative estimate of drug-likeness (QED) is 0.581. The summed E-state index contributed by atoms with van der Waals surface area (Å²) in [5.41, 5.74) is 4.78. The van der Waals surface area contributed by atoms with Crippen LogP contribution in [0, 0.1) is 0 Å². The zero-order valence-electron chi connectivity index (χ0n) is 9.61. The van der Waals surface area contributed by atoms with Crippen LogP contribution in [-0.4, -0.2) is 53.7 Å². The largest absolute Gasteiger partial charge is 0.389 e. The van der Waals surface area contributed by atoms with E-state index in [0.717, 1.165) is 38.8 Å². The number of nitrogens with zero attached hydrogens (tertiary/aromatic N) is 1. The van der Waals surface area contributed by atoms with Crippen molar-refractivity contribution in [3.63, 3.8) is 0 Å². The van der Waals surface area contributed by atoms with E-state index in [1.54, 1.807) is 0 Å². The van der Waals surface area contributed by atoms with E-state index < -0.39 is 5.60 Å². The molecule has 0 aromatic heterocycles. The second-order valence-electron chi connectivity index (χ2n) is 5.02. The predicted octanol–water partition coefficient (Wildman–Crippen LogP) is -0.949. The number of hydrogen-bond acceptors (Lipinski definition) is 4. The molecule has 0 spiro atoms. The van der Waals surface area contributed by atoms with E-state index in [-0.39, 0.29) is 11.9 Å². The number of rotatable bonds is 3. The molecule has 5 heteroatoms. The molecule has 1 unspecified atom stereocenters. The van der Waals surface area contributed by atoms with E-state index in [0.29, 0.717) is 13.1 Å². The number of aliphatic hydroxyl groups is 1. The SMILES string of the molecule is NC(=O)C1CNCCN1CC1(O)CCCC1. The summed E-state index contributed by atoms with van der Waals surface area (Å²) in [7, 11) is 0. The zero-order chi connectivity index (χ0) is 11.6. The molecule has 1 saturated heterocycles. The minimum atomic E-state index is -0.592. The fourth-order valence-corrected chi connectivity index (χ4v) is 2.79. The Hall–Kier alpha value is -0.650. The molecule has 1 aliphatic carbocycles. The number of hydrogen-bond donors (Lipinski definition) is 3. The average molecular weight is 227 g/mol. The van der Waals surface area contributed by atoms with Crippen molar-refractivity contribution in [3.8, 4) is 0 Å². The molecule has 1 amide bonds. The van der Waals surface area contributed by atoms with Crippen LogP contribution < -0.4 is 11.1 Å². The van der Waals surface area contributed by atoms with E-state index in [4.69, 9.17) is 5.73 Å². The smallest absolute Gasteiger partial charge is 0.236 e. The molecule has 0 bridgehead atoms. The summed E-state index contributed by atoms with van der Waals surface area (Å²) in [6.45, 7) is 2.84. The van der Waals surface area contributed by atoms with Crippen LogP contribution in [-0.2, 0) is 4.79 Å². The fourth-order valence-electron chi connectivity index (χ4n) is 2.79. The monoisotopic (exact) mass is 227 g/mol. The molecular weight excluding hydrogens is 206 g/mol. The molecule has 0 radical (unpaired) electrons. The molecule has 1 aliphatic heterocycles. The first kappa shape index (κ1) is 11.8. The topological polar surface area (TPSA) is 78.6 Å². The maximum absolute atomic E-state index is 11.3. The summed E-state index contributed by atoms with van der Waals surface area (Å²) in [5.74, 6) is -0.297. The molecule has 2 rings (SSSR count). The van der Waals surface area contributed by atoms with Crippen molar-refractivity contribution in [2.45, 2.75) is 37.3 Å². The van der Waals surface area contributed by atoms with Crippen molar-refractivity contribution in [2.75, 3.05) is 26.2 Å². The van der Waals surface area contributed by atoms with Crippen molar-refractivity contribution in [2.24, 2.45) is 5.73 Å². The van der Waals surface area contributed by atoms with Crippen LogP contribution in [0.2, 0.25) is 0 Å². The van der Waals surface area contributed by atoms with Gasteiger partial charge in [0.05, 0.1) is 5.60 Å². The first-order valence-electron chi connectivity index (χ1n) is 6.07. The minimum Gasteiger partial charge on any atom is -0.389 e. The third-order valence-electron chi connectivity index (χ3n) is 3.71. The predicted molar refractivity (Wildman–Crippen MR) is 60.8 cm³/mol. The van der Waals surface area contributed by atoms with Gasteiger partial charge in [-0.3, -0.25) is 9.69 Å². The summed E-state index contributed by atoms with van der Waals surface area (Å²) in [6, 6.07) is -0.265. The van der Waals surface area contributed by atoms with Crippen molar-refractivity contribution in [3.05, 3.63) is 0 Å². The molecule has 2 aliphatic rings. The van der Waals surface area contributed by atoms with Gasteiger partial charge in [0, 0.05) is 26.2 Å². The van der Waals surface area contributed by atoms with E-state index in [2.05, 4.69) is 5.32 Å². The molecule has 0 aromatic carbocycles. The molecule has 1 atom stereocenters. The molecule has 16 heavy (non-hydrogen) atoms. The second-order valence-corrected chi connectivity index (χ2v) is 5.02. The molecule has 2 fully saturated rings. The first-order chi connectivity index (χ1) is 7.61. The number of β-amino-alcohol motifs (C(OH)–C–C–N with tert-alkyl or cyclic N) is 1. The van der Waals surface area contributed by atoms with E-state index in [1.165, 1.54) is 0 Å². The van der Waals surface area contributed by atoms with Crippen LogP contribution >= 0.6 is 0 Å². The molecule has 1 heterocycles. The van der Waals surface area contributed by atoms with Crippen molar-refractivity contribution in [1.82, 2.24) is 10.2 Å². The van der Waals surface area contributed by atoms with Crippen molar-refractivity contribution >= 4 is 5.91 Å². The number of primary amides is 1. The van der Waals surface area contributed by atoms with Gasteiger partial charge >= 0.3 is 0 Å². The zero-order valence-corrected chi connectivity index (χ0v) is 9.61. The van der Waals surface area contributed by atoms with Gasteiger partial charge in [-0.2, -0.15) is 0 Å². The van der Waals surface area contributed by atoms with Gasteiger partial charge in [-0.15, -0.1) is 0 Å². The number of carbonyl (C=O) groups is 1. The highest BCUT2D eigenvalue weighted by molar-refractivity contribution is 5.80. The Balaban J connectivity index is 1.98. The van der Waals surface area contributed by atoms with Crippen molar-refractivity contribution in [1.29, 1.82) is 0 Å². The number of nitrogens with two attached hydrogens (primary N) is 1. The van der Waals surface area contributed by atoms with Crippen LogP contribution in [0.1, 0.15) is 25.7 Å². The molecule has 92 valence electrons. The summed E-state index contributed by atoms with van der Waals surface area (Å²) in [5, 5.41) is 13.5. The molecule has 5 nitrogen and oxygen atoms in total. The third kappa shape index (κ3) is 2.53. The molecule has 4 N–H and O–H groups in total. The lowest BCUT2D eigenvalue weighted by Crippen LogP contribution is -2.60. The number of piperazine rings is 1. The summed E-state index contributed by atoms with van der Waals surface area (Å²) in [6.07, 6.45) is 3.87. The Morgan fingerprint density at radius 1 is 1.50 bits per heavy atom. The number of amides is 1. The lowest BCUT2D eigenvalue weighted by Gasteiger charge is -2.38. The molecule has 1 saturated carbocycles. The van der Waals surface area contributed by atoms with Gasteiger partial charge in [0.25, 0.3) is 0 Å². The second kappa shape index (κ2) is 4.69. The summed E-state index contributed by atoms with van der Waals surface area (Å²) < 4.78 is 0. The minimum absolute atomic E-state index is 0.265. The van der Waals surface area contributed by atoms with Gasteiger partial charge in [0.1, 0.15) is 6.04 Å². The summed E-state index contributed by atoms with van der Waals surface area (Å²) >= 11 is 0. The van der Waals surface area contributed by atoms with E-state index in [9.17, 15) is 9.90 Å². The van der Waals surface area contributed by atoms with Gasteiger partial charge in [-0.1, -0.05) is 12.8 Å². The maximum Gasteiger partial charge on any atom is 0.236 e. The van der Waals surface area contributed by atoms with E-state index in [1.807, 2.05) is 4.90 Å². The molecule has 0 aromatic rings. The fraction of sp³-hybridized carbons (Fsp3) is 0.909. The highest BCUT2D eigenvalue weighted by atomic mass is 16.3. The normalized spacial score (nSPS) is 30.4. The maximum atomic E-state index is 11.3. The van der Waals surface area contributed by atoms with Gasteiger partial charge in [-0.05, 0) is 12.8 Å². The van der Waals surface area contributed by atoms with Crippen LogP contribution in [0.15, 0.2) is 0 Å². The molecular formula is C11H21N3O2. The van der Waals surface area contributed by atoms with E-state index >= 15 is 0 Å². The van der Waals surface area contributed by atoms with Crippen LogP contribution in [0.25, 0.3) is 0 Å². The number of carbonyl (C=O) groups excluding carboxylic acids is 1.